The molecular weight excluding hydrogens is 465 g/mol. The van der Waals surface area contributed by atoms with Gasteiger partial charge in [0.05, 0.1) is 11.0 Å². The molecule has 0 bridgehead atoms. The molecule has 35 heavy (non-hydrogen) atoms. The number of halogens is 3. The molecule has 2 heterocycles. The van der Waals surface area contributed by atoms with Crippen molar-refractivity contribution in [3.8, 4) is 0 Å². The molecule has 0 radical (unpaired) electrons. The Labute approximate surface area is 204 Å². The van der Waals surface area contributed by atoms with E-state index < -0.39 is 28.8 Å². The molecule has 1 aromatic heterocycles. The molecule has 0 unspecified atom stereocenters. The van der Waals surface area contributed by atoms with Crippen LogP contribution in [0.4, 0.5) is 23.8 Å². The summed E-state index contributed by atoms with van der Waals surface area (Å²) < 4.78 is 49.8. The number of hydrogen-bond acceptors (Lipinski definition) is 6. The van der Waals surface area contributed by atoms with Crippen molar-refractivity contribution < 1.29 is 32.2 Å². The predicted molar refractivity (Wildman–Crippen MR) is 124 cm³/mol. The fourth-order valence-corrected chi connectivity index (χ4v) is 4.79. The molecule has 2 fully saturated rings. The normalized spacial score (nSPS) is 23.3. The number of rotatable bonds is 6. The van der Waals surface area contributed by atoms with Crippen LogP contribution in [0.3, 0.4) is 0 Å². The number of hydrogen-bond donors (Lipinski definition) is 1. The maximum atomic E-state index is 13.7. The van der Waals surface area contributed by atoms with Crippen molar-refractivity contribution in [2.75, 3.05) is 44.8 Å². The zero-order valence-corrected chi connectivity index (χ0v) is 20.8. The van der Waals surface area contributed by atoms with Crippen molar-refractivity contribution in [1.82, 2.24) is 15.2 Å². The molecule has 1 saturated carbocycles. The van der Waals surface area contributed by atoms with E-state index in [2.05, 4.69) is 10.3 Å². The molecule has 1 aromatic rings. The molecule has 8 nitrogen and oxygen atoms in total. The van der Waals surface area contributed by atoms with Crippen molar-refractivity contribution in [1.29, 1.82) is 0 Å². The Bertz CT molecular complexity index is 897. The summed E-state index contributed by atoms with van der Waals surface area (Å²) in [6, 6.07) is 1.81. The highest BCUT2D eigenvalue weighted by Crippen LogP contribution is 2.43. The number of aromatic nitrogens is 1. The summed E-state index contributed by atoms with van der Waals surface area (Å²) in [5, 5.41) is 2.89. The summed E-state index contributed by atoms with van der Waals surface area (Å²) >= 11 is 0. The van der Waals surface area contributed by atoms with E-state index in [1.54, 1.807) is 37.7 Å². The molecule has 1 N–H and O–H groups in total. The Balaban J connectivity index is 1.64. The van der Waals surface area contributed by atoms with Gasteiger partial charge in [-0.3, -0.25) is 4.79 Å². The second kappa shape index (κ2) is 10.6. The lowest BCUT2D eigenvalue weighted by molar-refractivity contribution is -0.143. The van der Waals surface area contributed by atoms with Crippen LogP contribution in [0.5, 0.6) is 0 Å². The van der Waals surface area contributed by atoms with Gasteiger partial charge in [0.1, 0.15) is 11.4 Å². The fourth-order valence-electron chi connectivity index (χ4n) is 4.79. The first-order valence-corrected chi connectivity index (χ1v) is 11.9. The number of piperazine rings is 1. The van der Waals surface area contributed by atoms with Gasteiger partial charge in [0.25, 0.3) is 0 Å². The van der Waals surface area contributed by atoms with E-state index in [1.165, 1.54) is 0 Å². The molecule has 1 aliphatic heterocycles. The number of pyridine rings is 1. The Morgan fingerprint density at radius 2 is 1.89 bits per heavy atom. The van der Waals surface area contributed by atoms with Gasteiger partial charge >= 0.3 is 12.3 Å². The van der Waals surface area contributed by atoms with Gasteiger partial charge in [-0.25, -0.2) is 9.78 Å². The van der Waals surface area contributed by atoms with Crippen molar-refractivity contribution >= 4 is 17.8 Å². The zero-order chi connectivity index (χ0) is 25.9. The minimum absolute atomic E-state index is 0.000287. The first kappa shape index (κ1) is 27.0. The lowest BCUT2D eigenvalue weighted by Gasteiger charge is -2.40. The Morgan fingerprint density at radius 1 is 1.20 bits per heavy atom. The van der Waals surface area contributed by atoms with Crippen molar-refractivity contribution in [2.24, 2.45) is 5.41 Å². The third-order valence-corrected chi connectivity index (χ3v) is 6.53. The number of alkyl carbamates (subject to hydrolysis) is 1. The highest BCUT2D eigenvalue weighted by molar-refractivity contribution is 5.83. The largest absolute Gasteiger partial charge is 0.444 e. The van der Waals surface area contributed by atoms with Gasteiger partial charge in [0.2, 0.25) is 5.91 Å². The predicted octanol–water partition coefficient (Wildman–Crippen LogP) is 3.85. The number of methoxy groups -OCH3 is 1. The van der Waals surface area contributed by atoms with Crippen molar-refractivity contribution in [3.63, 3.8) is 0 Å². The molecule has 0 spiro atoms. The van der Waals surface area contributed by atoms with E-state index >= 15 is 0 Å². The molecule has 2 amide bonds. The van der Waals surface area contributed by atoms with Gasteiger partial charge in [-0.2, -0.15) is 13.2 Å². The summed E-state index contributed by atoms with van der Waals surface area (Å²) in [6.45, 7) is 7.34. The Hall–Kier alpha value is -2.56. The minimum Gasteiger partial charge on any atom is -0.444 e. The molecule has 1 aliphatic carbocycles. The summed E-state index contributed by atoms with van der Waals surface area (Å²) in [7, 11) is 1.59. The van der Waals surface area contributed by atoms with E-state index in [0.717, 1.165) is 18.3 Å². The van der Waals surface area contributed by atoms with Crippen LogP contribution in [0.1, 0.15) is 52.0 Å². The molecule has 0 aromatic carbocycles. The van der Waals surface area contributed by atoms with E-state index in [0.29, 0.717) is 58.5 Å². The quantitative estimate of drug-likeness (QED) is 0.639. The number of anilines is 1. The van der Waals surface area contributed by atoms with Gasteiger partial charge in [0, 0.05) is 52.1 Å². The summed E-state index contributed by atoms with van der Waals surface area (Å²) in [6.07, 6.45) is -1.48. The van der Waals surface area contributed by atoms with E-state index in [4.69, 9.17) is 9.47 Å². The smallest absolute Gasteiger partial charge is 0.416 e. The maximum Gasteiger partial charge on any atom is 0.416 e. The van der Waals surface area contributed by atoms with Crippen LogP contribution in [-0.4, -0.2) is 73.4 Å². The van der Waals surface area contributed by atoms with Gasteiger partial charge in [-0.1, -0.05) is 0 Å². The van der Waals surface area contributed by atoms with Crippen LogP contribution in [0.15, 0.2) is 18.3 Å². The van der Waals surface area contributed by atoms with Crippen LogP contribution in [-0.2, 0) is 20.4 Å². The van der Waals surface area contributed by atoms with Crippen LogP contribution < -0.4 is 10.2 Å². The lowest BCUT2D eigenvalue weighted by Crippen LogP contribution is -2.53. The number of ether oxygens (including phenoxy) is 2. The van der Waals surface area contributed by atoms with Crippen molar-refractivity contribution in [2.45, 2.75) is 64.3 Å². The number of alkyl halides is 3. The Kier molecular flexibility index (Phi) is 8.18. The second-order valence-corrected chi connectivity index (χ2v) is 10.3. The van der Waals surface area contributed by atoms with Crippen LogP contribution in [0.25, 0.3) is 0 Å². The number of nitrogens with zero attached hydrogens (tertiary/aromatic N) is 3. The van der Waals surface area contributed by atoms with Gasteiger partial charge in [-0.05, 0) is 58.6 Å². The second-order valence-electron chi connectivity index (χ2n) is 10.3. The minimum atomic E-state index is -4.43. The molecule has 196 valence electrons. The number of carbonyl (C=O) groups is 2. The van der Waals surface area contributed by atoms with Crippen LogP contribution in [0, 0.1) is 5.41 Å². The molecule has 11 heteroatoms. The SMILES string of the molecule is COCC[C@]1(C(=O)N2CCN(c3cc(C(F)(F)F)ccn3)CC2)CC[C@@H](NC(=O)OC(C)(C)C)C1. The van der Waals surface area contributed by atoms with E-state index in [-0.39, 0.29) is 17.8 Å². The fraction of sp³-hybridized carbons (Fsp3) is 0.708. The molecular formula is C24H35F3N4O4. The molecule has 3 rings (SSSR count). The average molecular weight is 501 g/mol. The van der Waals surface area contributed by atoms with E-state index in [1.807, 2.05) is 0 Å². The number of nitrogens with one attached hydrogen (secondary N) is 1. The van der Waals surface area contributed by atoms with Crippen LogP contribution in [0.2, 0.25) is 0 Å². The zero-order valence-electron chi connectivity index (χ0n) is 20.8. The van der Waals surface area contributed by atoms with Crippen molar-refractivity contribution in [3.05, 3.63) is 23.9 Å². The summed E-state index contributed by atoms with van der Waals surface area (Å²) in [5.41, 5.74) is -2.01. The molecule has 2 aliphatic rings. The molecule has 2 atom stereocenters. The van der Waals surface area contributed by atoms with Crippen LogP contribution >= 0.6 is 0 Å². The third-order valence-electron chi connectivity index (χ3n) is 6.53. The first-order valence-electron chi connectivity index (χ1n) is 11.9. The maximum absolute atomic E-state index is 13.7. The highest BCUT2D eigenvalue weighted by Gasteiger charge is 2.47. The summed E-state index contributed by atoms with van der Waals surface area (Å²) in [5.74, 6) is 0.253. The molecule has 1 saturated heterocycles. The lowest BCUT2D eigenvalue weighted by atomic mass is 9.81. The third kappa shape index (κ3) is 6.99. The van der Waals surface area contributed by atoms with Gasteiger partial charge < -0.3 is 24.6 Å². The summed E-state index contributed by atoms with van der Waals surface area (Å²) in [4.78, 5) is 33.5. The topological polar surface area (TPSA) is 84.0 Å². The average Bonchev–Trinajstić information content (AvgIpc) is 3.19. The first-order chi connectivity index (χ1) is 16.3. The highest BCUT2D eigenvalue weighted by atomic mass is 19.4. The van der Waals surface area contributed by atoms with Gasteiger partial charge in [0.15, 0.2) is 0 Å². The Morgan fingerprint density at radius 3 is 2.49 bits per heavy atom. The van der Waals surface area contributed by atoms with Gasteiger partial charge in [-0.15, -0.1) is 0 Å². The standard InChI is InChI=1S/C24H35F3N4O4/c1-22(2,3)35-21(33)29-18-5-7-23(16-18,8-14-34-4)20(32)31-12-10-30(11-13-31)19-15-17(6-9-28-19)24(25,26)27/h6,9,15,18H,5,7-8,10-14,16H2,1-4H3,(H,29,33)/t18-,23-/m1/s1. The monoisotopic (exact) mass is 500 g/mol. The number of amides is 2. The number of carbonyl (C=O) groups excluding carboxylic acids is 2. The van der Waals surface area contributed by atoms with E-state index in [9.17, 15) is 22.8 Å².